The summed E-state index contributed by atoms with van der Waals surface area (Å²) in [5.74, 6) is 0. The molecule has 1 saturated heterocycles. The number of urea groups is 1. The van der Waals surface area contributed by atoms with Crippen LogP contribution in [0.15, 0.2) is 0 Å². The summed E-state index contributed by atoms with van der Waals surface area (Å²) >= 11 is 0. The molecule has 0 saturated carbocycles. The zero-order valence-electron chi connectivity index (χ0n) is 8.08. The van der Waals surface area contributed by atoms with Crippen molar-refractivity contribution in [3.63, 3.8) is 0 Å². The van der Waals surface area contributed by atoms with Crippen molar-refractivity contribution in [2.75, 3.05) is 26.7 Å². The number of nitrogens with zero attached hydrogens (tertiary/aromatic N) is 1. The number of hydrogen-bond acceptors (Lipinski definition) is 3. The third-order valence-corrected chi connectivity index (χ3v) is 2.30. The molecule has 1 rings (SSSR count). The van der Waals surface area contributed by atoms with Crippen LogP contribution in [0.1, 0.15) is 6.92 Å². The molecule has 13 heavy (non-hydrogen) atoms. The Bertz CT molecular complexity index is 186. The van der Waals surface area contributed by atoms with Gasteiger partial charge in [-0.3, -0.25) is 0 Å². The van der Waals surface area contributed by atoms with Gasteiger partial charge in [0.2, 0.25) is 0 Å². The second-order valence-corrected chi connectivity index (χ2v) is 3.24. The van der Waals surface area contributed by atoms with Gasteiger partial charge in [-0.15, -0.1) is 0 Å². The molecule has 0 aromatic carbocycles. The summed E-state index contributed by atoms with van der Waals surface area (Å²) in [5, 5.41) is 15.2. The maximum atomic E-state index is 11.4. The van der Waals surface area contributed by atoms with Crippen LogP contribution in [0.2, 0.25) is 0 Å². The minimum Gasteiger partial charge on any atom is -0.390 e. The molecule has 0 spiro atoms. The van der Waals surface area contributed by atoms with E-state index in [4.69, 9.17) is 0 Å². The summed E-state index contributed by atoms with van der Waals surface area (Å²) in [4.78, 5) is 12.9. The predicted octanol–water partition coefficient (Wildman–Crippen LogP) is -1.02. The summed E-state index contributed by atoms with van der Waals surface area (Å²) < 4.78 is 0. The highest BCUT2D eigenvalue weighted by Crippen LogP contribution is 2.06. The van der Waals surface area contributed by atoms with Crippen molar-refractivity contribution in [3.05, 3.63) is 0 Å². The van der Waals surface area contributed by atoms with E-state index < -0.39 is 6.10 Å². The van der Waals surface area contributed by atoms with Crippen molar-refractivity contribution >= 4 is 6.03 Å². The lowest BCUT2D eigenvalue weighted by molar-refractivity contribution is 0.110. The van der Waals surface area contributed by atoms with Crippen LogP contribution >= 0.6 is 0 Å². The molecule has 0 aliphatic carbocycles. The average Bonchev–Trinajstić information content (AvgIpc) is 2.50. The van der Waals surface area contributed by atoms with E-state index in [9.17, 15) is 9.90 Å². The lowest BCUT2D eigenvalue weighted by atomic mass is 10.2. The Hall–Kier alpha value is -0.810. The molecule has 0 radical (unpaired) electrons. The lowest BCUT2D eigenvalue weighted by Gasteiger charge is -2.26. The van der Waals surface area contributed by atoms with E-state index >= 15 is 0 Å². The molecule has 3 N–H and O–H groups in total. The van der Waals surface area contributed by atoms with E-state index in [1.54, 1.807) is 11.9 Å². The van der Waals surface area contributed by atoms with Crippen molar-refractivity contribution in [2.24, 2.45) is 0 Å². The van der Waals surface area contributed by atoms with Crippen LogP contribution in [-0.4, -0.2) is 54.9 Å². The molecule has 1 fully saturated rings. The van der Waals surface area contributed by atoms with E-state index in [1.165, 1.54) is 0 Å². The SMILES string of the molecule is CCNC(=O)N(C)C1CNCC1O. The minimum absolute atomic E-state index is 0.105. The molecule has 1 aliphatic heterocycles. The number of β-amino-alcohol motifs (C(OH)–C–C–N with tert-alkyl or cyclic N) is 1. The number of likely N-dealkylation sites (N-methyl/N-ethyl adjacent to an activating group) is 1. The summed E-state index contributed by atoms with van der Waals surface area (Å²) in [6.45, 7) is 3.71. The Labute approximate surface area is 78.1 Å². The van der Waals surface area contributed by atoms with Crippen LogP contribution in [-0.2, 0) is 0 Å². The predicted molar refractivity (Wildman–Crippen MR) is 49.5 cm³/mol. The molecule has 2 atom stereocenters. The van der Waals surface area contributed by atoms with Gasteiger partial charge in [0, 0.05) is 26.7 Å². The molecule has 76 valence electrons. The summed E-state index contributed by atoms with van der Waals surface area (Å²) in [5.41, 5.74) is 0. The molecule has 2 unspecified atom stereocenters. The van der Waals surface area contributed by atoms with Gasteiger partial charge in [-0.05, 0) is 6.92 Å². The zero-order chi connectivity index (χ0) is 9.84. The first kappa shape index (κ1) is 10.3. The molecule has 2 amide bonds. The monoisotopic (exact) mass is 187 g/mol. The summed E-state index contributed by atoms with van der Waals surface area (Å²) in [6, 6.07) is -0.234. The van der Waals surface area contributed by atoms with E-state index in [0.717, 1.165) is 0 Å². The highest BCUT2D eigenvalue weighted by molar-refractivity contribution is 5.74. The molecule has 0 bridgehead atoms. The number of aliphatic hydroxyl groups is 1. The van der Waals surface area contributed by atoms with Gasteiger partial charge < -0.3 is 20.6 Å². The fourth-order valence-electron chi connectivity index (χ4n) is 1.47. The average molecular weight is 187 g/mol. The Morgan fingerprint density at radius 1 is 1.69 bits per heavy atom. The first-order valence-corrected chi connectivity index (χ1v) is 4.56. The van der Waals surface area contributed by atoms with Gasteiger partial charge in [0.05, 0.1) is 12.1 Å². The van der Waals surface area contributed by atoms with Gasteiger partial charge in [0.15, 0.2) is 0 Å². The lowest BCUT2D eigenvalue weighted by Crippen LogP contribution is -2.48. The fourth-order valence-corrected chi connectivity index (χ4v) is 1.47. The van der Waals surface area contributed by atoms with Gasteiger partial charge in [-0.25, -0.2) is 4.79 Å². The number of amides is 2. The van der Waals surface area contributed by atoms with Crippen molar-refractivity contribution in [3.8, 4) is 0 Å². The Kier molecular flexibility index (Phi) is 3.50. The summed E-state index contributed by atoms with van der Waals surface area (Å²) in [7, 11) is 1.70. The first-order valence-electron chi connectivity index (χ1n) is 4.56. The maximum absolute atomic E-state index is 11.4. The van der Waals surface area contributed by atoms with Gasteiger partial charge >= 0.3 is 6.03 Å². The topological polar surface area (TPSA) is 64.6 Å². The van der Waals surface area contributed by atoms with Gasteiger partial charge in [-0.2, -0.15) is 0 Å². The van der Waals surface area contributed by atoms with E-state index in [0.29, 0.717) is 19.6 Å². The van der Waals surface area contributed by atoms with Gasteiger partial charge in [0.1, 0.15) is 0 Å². The van der Waals surface area contributed by atoms with Crippen LogP contribution in [0.3, 0.4) is 0 Å². The fraction of sp³-hybridized carbons (Fsp3) is 0.875. The number of aliphatic hydroxyl groups excluding tert-OH is 1. The van der Waals surface area contributed by atoms with Crippen molar-refractivity contribution in [2.45, 2.75) is 19.1 Å². The van der Waals surface area contributed by atoms with Crippen LogP contribution < -0.4 is 10.6 Å². The number of rotatable bonds is 2. The molecule has 0 aromatic heterocycles. The number of carbonyl (C=O) groups excluding carboxylic acids is 1. The molecule has 5 heteroatoms. The third kappa shape index (κ3) is 2.32. The van der Waals surface area contributed by atoms with Crippen molar-refractivity contribution in [1.29, 1.82) is 0 Å². The Morgan fingerprint density at radius 2 is 2.38 bits per heavy atom. The van der Waals surface area contributed by atoms with Gasteiger partial charge in [0.25, 0.3) is 0 Å². The van der Waals surface area contributed by atoms with Crippen LogP contribution in [0.4, 0.5) is 4.79 Å². The molecular weight excluding hydrogens is 170 g/mol. The molecule has 1 aliphatic rings. The standard InChI is InChI=1S/C8H17N3O2/c1-3-10-8(13)11(2)6-4-9-5-7(6)12/h6-7,9,12H,3-5H2,1-2H3,(H,10,13). The van der Waals surface area contributed by atoms with E-state index in [-0.39, 0.29) is 12.1 Å². The Balaban J connectivity index is 2.45. The quantitative estimate of drug-likeness (QED) is 0.518. The van der Waals surface area contributed by atoms with Crippen LogP contribution in [0, 0.1) is 0 Å². The van der Waals surface area contributed by atoms with E-state index in [2.05, 4.69) is 10.6 Å². The zero-order valence-corrected chi connectivity index (χ0v) is 8.08. The minimum atomic E-state index is -0.451. The third-order valence-electron chi connectivity index (χ3n) is 2.30. The van der Waals surface area contributed by atoms with E-state index in [1.807, 2.05) is 6.92 Å². The largest absolute Gasteiger partial charge is 0.390 e. The number of nitrogens with one attached hydrogen (secondary N) is 2. The van der Waals surface area contributed by atoms with Crippen LogP contribution in [0.5, 0.6) is 0 Å². The maximum Gasteiger partial charge on any atom is 0.317 e. The van der Waals surface area contributed by atoms with Crippen molar-refractivity contribution < 1.29 is 9.90 Å². The van der Waals surface area contributed by atoms with Crippen molar-refractivity contribution in [1.82, 2.24) is 15.5 Å². The highest BCUT2D eigenvalue weighted by Gasteiger charge is 2.30. The first-order chi connectivity index (χ1) is 6.16. The molecule has 0 aromatic rings. The molecule has 5 nitrogen and oxygen atoms in total. The highest BCUT2D eigenvalue weighted by atomic mass is 16.3. The van der Waals surface area contributed by atoms with Gasteiger partial charge in [-0.1, -0.05) is 0 Å². The number of hydrogen-bond donors (Lipinski definition) is 3. The van der Waals surface area contributed by atoms with Crippen LogP contribution in [0.25, 0.3) is 0 Å². The molecular formula is C8H17N3O2. The summed E-state index contributed by atoms with van der Waals surface area (Å²) in [6.07, 6.45) is -0.451. The normalized spacial score (nSPS) is 27.3. The number of carbonyl (C=O) groups is 1. The smallest absolute Gasteiger partial charge is 0.317 e. The Morgan fingerprint density at radius 3 is 2.85 bits per heavy atom. The molecule has 1 heterocycles. The second-order valence-electron chi connectivity index (χ2n) is 3.24. The second kappa shape index (κ2) is 4.43.